The van der Waals surface area contributed by atoms with E-state index in [0.717, 1.165) is 39.0 Å². The normalized spacial score (nSPS) is 14.3. The van der Waals surface area contributed by atoms with Crippen molar-refractivity contribution in [3.8, 4) is 16.3 Å². The first kappa shape index (κ1) is 19.8. The minimum Gasteiger partial charge on any atom is -0.492 e. The molecule has 1 aliphatic heterocycles. The van der Waals surface area contributed by atoms with Crippen LogP contribution in [0.1, 0.15) is 23.3 Å². The van der Waals surface area contributed by atoms with Gasteiger partial charge in [0.05, 0.1) is 17.2 Å². The van der Waals surface area contributed by atoms with Crippen LogP contribution in [0.4, 0.5) is 11.6 Å². The number of thiophene rings is 1. The van der Waals surface area contributed by atoms with Gasteiger partial charge in [-0.25, -0.2) is 9.97 Å². The number of aromatic nitrogens is 2. The van der Waals surface area contributed by atoms with Gasteiger partial charge in [0.1, 0.15) is 12.4 Å². The lowest BCUT2D eigenvalue weighted by Crippen LogP contribution is -2.25. The highest BCUT2D eigenvalue weighted by Crippen LogP contribution is 2.30. The smallest absolute Gasteiger partial charge is 0.227 e. The second-order valence-corrected chi connectivity index (χ2v) is 8.36. The Labute approximate surface area is 175 Å². The van der Waals surface area contributed by atoms with Gasteiger partial charge in [0.15, 0.2) is 0 Å². The first-order valence-corrected chi connectivity index (χ1v) is 10.8. The van der Waals surface area contributed by atoms with Crippen LogP contribution in [0, 0.1) is 6.92 Å². The zero-order valence-electron chi connectivity index (χ0n) is 16.6. The summed E-state index contributed by atoms with van der Waals surface area (Å²) in [6, 6.07) is 11.8. The van der Waals surface area contributed by atoms with Gasteiger partial charge in [0, 0.05) is 23.3 Å². The molecule has 1 aromatic carbocycles. The second-order valence-electron chi connectivity index (χ2n) is 7.20. The van der Waals surface area contributed by atoms with Gasteiger partial charge in [-0.1, -0.05) is 0 Å². The standard InChI is InChI=1S/C22H26N4O2S/c1-16-14-23-22(25-21(16)20-9-8-19(15-27)29-20)24-17-4-6-18(7-5-17)28-13-12-26-10-2-3-11-26/h4-9,14,27H,2-3,10-13,15H2,1H3,(H,23,24,25). The molecule has 2 N–H and O–H groups in total. The lowest BCUT2D eigenvalue weighted by molar-refractivity contribution is 0.238. The topological polar surface area (TPSA) is 70.5 Å². The predicted octanol–water partition coefficient (Wildman–Crippen LogP) is 4.22. The molecule has 0 aliphatic carbocycles. The average Bonchev–Trinajstić information content (AvgIpc) is 3.43. The van der Waals surface area contributed by atoms with E-state index in [1.165, 1.54) is 25.9 Å². The fourth-order valence-electron chi connectivity index (χ4n) is 3.40. The lowest BCUT2D eigenvalue weighted by atomic mass is 10.2. The quantitative estimate of drug-likeness (QED) is 0.579. The van der Waals surface area contributed by atoms with Gasteiger partial charge in [0.2, 0.25) is 5.95 Å². The van der Waals surface area contributed by atoms with Crippen molar-refractivity contribution < 1.29 is 9.84 Å². The summed E-state index contributed by atoms with van der Waals surface area (Å²) in [6.45, 7) is 6.13. The molecule has 0 amide bonds. The third-order valence-electron chi connectivity index (χ3n) is 5.01. The Morgan fingerprint density at radius 2 is 1.93 bits per heavy atom. The van der Waals surface area contributed by atoms with Crippen LogP contribution in [0.25, 0.3) is 10.6 Å². The first-order chi connectivity index (χ1) is 14.2. The Morgan fingerprint density at radius 3 is 2.66 bits per heavy atom. The van der Waals surface area contributed by atoms with Crippen molar-refractivity contribution in [2.75, 3.05) is 31.6 Å². The third kappa shape index (κ3) is 5.12. The van der Waals surface area contributed by atoms with E-state index in [9.17, 15) is 5.11 Å². The van der Waals surface area contributed by atoms with Crippen molar-refractivity contribution in [3.05, 3.63) is 53.0 Å². The number of aliphatic hydroxyl groups is 1. The Balaban J connectivity index is 1.37. The van der Waals surface area contributed by atoms with Crippen LogP contribution in [0.15, 0.2) is 42.6 Å². The molecular weight excluding hydrogens is 384 g/mol. The maximum absolute atomic E-state index is 9.30. The molecule has 1 fully saturated rings. The van der Waals surface area contributed by atoms with Gasteiger partial charge in [-0.2, -0.15) is 0 Å². The summed E-state index contributed by atoms with van der Waals surface area (Å²) in [5, 5.41) is 12.6. The minimum absolute atomic E-state index is 0.0480. The van der Waals surface area contributed by atoms with Crippen molar-refractivity contribution in [3.63, 3.8) is 0 Å². The van der Waals surface area contributed by atoms with Crippen LogP contribution in [-0.2, 0) is 6.61 Å². The fourth-order valence-corrected chi connectivity index (χ4v) is 4.33. The molecule has 0 bridgehead atoms. The number of likely N-dealkylation sites (tertiary alicyclic amines) is 1. The Bertz CT molecular complexity index is 936. The van der Waals surface area contributed by atoms with Gasteiger partial charge in [-0.05, 0) is 74.8 Å². The lowest BCUT2D eigenvalue weighted by Gasteiger charge is -2.15. The monoisotopic (exact) mass is 410 g/mol. The summed E-state index contributed by atoms with van der Waals surface area (Å²) in [6.07, 6.45) is 4.43. The van der Waals surface area contributed by atoms with E-state index in [-0.39, 0.29) is 6.61 Å². The number of rotatable bonds is 8. The van der Waals surface area contributed by atoms with Gasteiger partial charge < -0.3 is 15.2 Å². The molecule has 6 nitrogen and oxygen atoms in total. The molecule has 1 saturated heterocycles. The number of hydrogen-bond acceptors (Lipinski definition) is 7. The Morgan fingerprint density at radius 1 is 1.14 bits per heavy atom. The first-order valence-electron chi connectivity index (χ1n) is 9.97. The number of hydrogen-bond donors (Lipinski definition) is 2. The average molecular weight is 411 g/mol. The highest BCUT2D eigenvalue weighted by molar-refractivity contribution is 7.15. The molecule has 152 valence electrons. The van der Waals surface area contributed by atoms with Crippen molar-refractivity contribution in [1.82, 2.24) is 14.9 Å². The van der Waals surface area contributed by atoms with E-state index in [1.54, 1.807) is 11.3 Å². The van der Waals surface area contributed by atoms with E-state index in [1.807, 2.05) is 49.5 Å². The van der Waals surface area contributed by atoms with Crippen LogP contribution in [0.3, 0.4) is 0 Å². The molecule has 0 radical (unpaired) electrons. The van der Waals surface area contributed by atoms with E-state index in [2.05, 4.69) is 20.2 Å². The highest BCUT2D eigenvalue weighted by atomic mass is 32.1. The third-order valence-corrected chi connectivity index (χ3v) is 6.08. The van der Waals surface area contributed by atoms with E-state index < -0.39 is 0 Å². The van der Waals surface area contributed by atoms with E-state index in [4.69, 9.17) is 4.74 Å². The van der Waals surface area contributed by atoms with Crippen molar-refractivity contribution in [2.24, 2.45) is 0 Å². The molecule has 7 heteroatoms. The van der Waals surface area contributed by atoms with Crippen LogP contribution < -0.4 is 10.1 Å². The predicted molar refractivity (Wildman–Crippen MR) is 117 cm³/mol. The van der Waals surface area contributed by atoms with Crippen molar-refractivity contribution in [2.45, 2.75) is 26.4 Å². The molecule has 0 atom stereocenters. The molecule has 3 heterocycles. The number of aliphatic hydroxyl groups excluding tert-OH is 1. The maximum atomic E-state index is 9.30. The van der Waals surface area contributed by atoms with Crippen molar-refractivity contribution in [1.29, 1.82) is 0 Å². The molecule has 0 unspecified atom stereocenters. The minimum atomic E-state index is 0.0480. The molecule has 0 saturated carbocycles. The van der Waals surface area contributed by atoms with E-state index >= 15 is 0 Å². The number of benzene rings is 1. The van der Waals surface area contributed by atoms with Crippen LogP contribution in [0.2, 0.25) is 0 Å². The Kier molecular flexibility index (Phi) is 6.39. The zero-order valence-corrected chi connectivity index (χ0v) is 17.4. The van der Waals surface area contributed by atoms with Gasteiger partial charge >= 0.3 is 0 Å². The fraction of sp³-hybridized carbons (Fsp3) is 0.364. The van der Waals surface area contributed by atoms with Gasteiger partial charge in [-0.3, -0.25) is 4.90 Å². The van der Waals surface area contributed by atoms with Gasteiger partial charge in [-0.15, -0.1) is 11.3 Å². The summed E-state index contributed by atoms with van der Waals surface area (Å²) in [7, 11) is 0. The molecule has 29 heavy (non-hydrogen) atoms. The number of nitrogens with zero attached hydrogens (tertiary/aromatic N) is 3. The molecule has 3 aromatic rings. The summed E-state index contributed by atoms with van der Waals surface area (Å²) >= 11 is 1.55. The number of anilines is 2. The Hall–Kier alpha value is -2.48. The largest absolute Gasteiger partial charge is 0.492 e. The van der Waals surface area contributed by atoms with E-state index in [0.29, 0.717) is 12.6 Å². The van der Waals surface area contributed by atoms with Crippen LogP contribution in [-0.4, -0.2) is 46.2 Å². The summed E-state index contributed by atoms with van der Waals surface area (Å²) in [5.74, 6) is 1.42. The van der Waals surface area contributed by atoms with Crippen molar-refractivity contribution >= 4 is 23.0 Å². The molecular formula is C22H26N4O2S. The summed E-state index contributed by atoms with van der Waals surface area (Å²) in [4.78, 5) is 13.5. The number of aryl methyl sites for hydroxylation is 1. The van der Waals surface area contributed by atoms with Gasteiger partial charge in [0.25, 0.3) is 0 Å². The molecule has 2 aromatic heterocycles. The summed E-state index contributed by atoms with van der Waals surface area (Å²) < 4.78 is 5.86. The molecule has 4 rings (SSSR count). The molecule has 1 aliphatic rings. The second kappa shape index (κ2) is 9.35. The maximum Gasteiger partial charge on any atom is 0.227 e. The summed E-state index contributed by atoms with van der Waals surface area (Å²) in [5.41, 5.74) is 2.80. The number of ether oxygens (including phenoxy) is 1. The number of nitrogens with one attached hydrogen (secondary N) is 1. The van der Waals surface area contributed by atoms with Crippen LogP contribution in [0.5, 0.6) is 5.75 Å². The van der Waals surface area contributed by atoms with Crippen LogP contribution >= 0.6 is 11.3 Å². The highest BCUT2D eigenvalue weighted by Gasteiger charge is 2.11. The zero-order chi connectivity index (χ0) is 20.1. The molecule has 0 spiro atoms. The SMILES string of the molecule is Cc1cnc(Nc2ccc(OCCN3CCCC3)cc2)nc1-c1ccc(CO)s1.